The van der Waals surface area contributed by atoms with Gasteiger partial charge in [-0.15, -0.1) is 0 Å². The Kier molecular flexibility index (Phi) is 4.28. The van der Waals surface area contributed by atoms with Crippen LogP contribution in [0.5, 0.6) is 0 Å². The molecule has 2 aliphatic carbocycles. The molecule has 0 radical (unpaired) electrons. The lowest BCUT2D eigenvalue weighted by molar-refractivity contribution is -0.118. The van der Waals surface area contributed by atoms with Crippen LogP contribution in [0.1, 0.15) is 45.2 Å². The zero-order valence-electron chi connectivity index (χ0n) is 16.4. The van der Waals surface area contributed by atoms with Gasteiger partial charge in [0.2, 0.25) is 5.90 Å². The Bertz CT molecular complexity index is 923. The summed E-state index contributed by atoms with van der Waals surface area (Å²) in [5.74, 6) is 1.14. The van der Waals surface area contributed by atoms with E-state index in [-0.39, 0.29) is 11.4 Å². The average Bonchev–Trinajstić information content (AvgIpc) is 3.60. The first-order valence-corrected chi connectivity index (χ1v) is 9.36. The molecule has 0 bridgehead atoms. The monoisotopic (exact) mass is 380 g/mol. The van der Waals surface area contributed by atoms with Gasteiger partial charge in [-0.3, -0.25) is 19.8 Å². The van der Waals surface area contributed by atoms with E-state index >= 15 is 0 Å². The summed E-state index contributed by atoms with van der Waals surface area (Å²) in [4.78, 5) is 30.1. The van der Waals surface area contributed by atoms with E-state index in [9.17, 15) is 4.79 Å². The molecule has 2 N–H and O–H groups in total. The highest BCUT2D eigenvalue weighted by Crippen LogP contribution is 2.45. The van der Waals surface area contributed by atoms with E-state index in [1.54, 1.807) is 32.6 Å². The molecule has 146 valence electrons. The molecule has 2 heterocycles. The predicted octanol–water partition coefficient (Wildman–Crippen LogP) is 1.97. The van der Waals surface area contributed by atoms with Crippen molar-refractivity contribution in [3.63, 3.8) is 0 Å². The topological polar surface area (TPSA) is 101 Å². The summed E-state index contributed by atoms with van der Waals surface area (Å²) in [6, 6.07) is 0. The first kappa shape index (κ1) is 18.3. The van der Waals surface area contributed by atoms with E-state index in [1.165, 1.54) is 0 Å². The van der Waals surface area contributed by atoms with Crippen molar-refractivity contribution < 1.29 is 9.53 Å². The van der Waals surface area contributed by atoms with Gasteiger partial charge in [0, 0.05) is 25.0 Å². The number of aliphatic imine (C=N–C) groups is 2. The molecule has 0 aromatic carbocycles. The van der Waals surface area contributed by atoms with Crippen molar-refractivity contribution in [3.8, 4) is 0 Å². The molecule has 1 aromatic heterocycles. The number of carbonyl (C=O) groups is 1. The molecule has 8 nitrogen and oxygen atoms in total. The van der Waals surface area contributed by atoms with Gasteiger partial charge < -0.3 is 15.4 Å². The van der Waals surface area contributed by atoms with Gasteiger partial charge in [0.05, 0.1) is 28.6 Å². The van der Waals surface area contributed by atoms with Gasteiger partial charge in [0.25, 0.3) is 5.91 Å². The smallest absolute Gasteiger partial charge is 0.256 e. The first-order valence-electron chi connectivity index (χ1n) is 9.36. The Morgan fingerprint density at radius 1 is 1.25 bits per heavy atom. The highest BCUT2D eigenvalue weighted by Gasteiger charge is 2.49. The van der Waals surface area contributed by atoms with Crippen molar-refractivity contribution in [1.82, 2.24) is 20.6 Å². The Balaban J connectivity index is 1.67. The van der Waals surface area contributed by atoms with Crippen LogP contribution in [0, 0.1) is 0 Å². The summed E-state index contributed by atoms with van der Waals surface area (Å²) in [5, 5.41) is 6.52. The van der Waals surface area contributed by atoms with Gasteiger partial charge in [0.1, 0.15) is 11.6 Å². The molecule has 0 spiro atoms. The molecule has 1 aromatic rings. The molecule has 0 unspecified atom stereocenters. The van der Waals surface area contributed by atoms with Crippen molar-refractivity contribution in [2.24, 2.45) is 9.98 Å². The van der Waals surface area contributed by atoms with Gasteiger partial charge in [-0.05, 0) is 46.2 Å². The van der Waals surface area contributed by atoms with Crippen LogP contribution in [0.4, 0.5) is 0 Å². The molecule has 2 fully saturated rings. The number of allylic oxidation sites excluding steroid dienone is 1. The maximum absolute atomic E-state index is 13.3. The SMILES string of the molecule is C=N/C(NC1(C)CC1)=C1/C(C(=O)NC2(c3cnccn3)CC2)=C(C)O/C1=N/C. The van der Waals surface area contributed by atoms with Gasteiger partial charge in [-0.1, -0.05) is 0 Å². The predicted molar refractivity (Wildman–Crippen MR) is 106 cm³/mol. The van der Waals surface area contributed by atoms with Crippen molar-refractivity contribution in [2.75, 3.05) is 7.05 Å². The van der Waals surface area contributed by atoms with E-state index in [1.807, 2.05) is 0 Å². The van der Waals surface area contributed by atoms with E-state index < -0.39 is 5.54 Å². The number of carbonyl (C=O) groups excluding carboxylic acids is 1. The number of ether oxygens (including phenoxy) is 1. The van der Waals surface area contributed by atoms with E-state index in [0.717, 1.165) is 31.4 Å². The summed E-state index contributed by atoms with van der Waals surface area (Å²) in [6.07, 6.45) is 8.68. The molecular weight excluding hydrogens is 356 g/mol. The van der Waals surface area contributed by atoms with Crippen LogP contribution < -0.4 is 10.6 Å². The number of nitrogens with zero attached hydrogens (tertiary/aromatic N) is 4. The van der Waals surface area contributed by atoms with E-state index in [2.05, 4.69) is 44.2 Å². The second kappa shape index (κ2) is 6.54. The van der Waals surface area contributed by atoms with E-state index in [0.29, 0.717) is 28.6 Å². The van der Waals surface area contributed by atoms with Gasteiger partial charge in [-0.2, -0.15) is 0 Å². The normalized spacial score (nSPS) is 24.5. The number of hydrogen-bond acceptors (Lipinski definition) is 7. The lowest BCUT2D eigenvalue weighted by Crippen LogP contribution is -2.37. The number of nitrogens with one attached hydrogen (secondary N) is 2. The van der Waals surface area contributed by atoms with Gasteiger partial charge >= 0.3 is 0 Å². The van der Waals surface area contributed by atoms with Crippen molar-refractivity contribution in [2.45, 2.75) is 50.6 Å². The van der Waals surface area contributed by atoms with Gasteiger partial charge in [-0.25, -0.2) is 4.99 Å². The van der Waals surface area contributed by atoms with Crippen LogP contribution in [-0.2, 0) is 15.1 Å². The fourth-order valence-electron chi connectivity index (χ4n) is 3.36. The Morgan fingerprint density at radius 3 is 2.54 bits per heavy atom. The molecule has 8 heteroatoms. The maximum Gasteiger partial charge on any atom is 0.256 e. The van der Waals surface area contributed by atoms with E-state index in [4.69, 9.17) is 4.74 Å². The van der Waals surface area contributed by atoms with Crippen LogP contribution in [0.2, 0.25) is 0 Å². The summed E-state index contributed by atoms with van der Waals surface area (Å²) in [7, 11) is 1.63. The minimum atomic E-state index is -0.479. The van der Waals surface area contributed by atoms with Crippen molar-refractivity contribution in [3.05, 3.63) is 47.0 Å². The minimum absolute atomic E-state index is 0.0300. The van der Waals surface area contributed by atoms with Crippen molar-refractivity contribution >= 4 is 18.5 Å². The molecule has 1 amide bonds. The van der Waals surface area contributed by atoms with Crippen LogP contribution >= 0.6 is 0 Å². The molecular formula is C20H24N6O2. The summed E-state index contributed by atoms with van der Waals surface area (Å²) < 4.78 is 5.77. The molecule has 28 heavy (non-hydrogen) atoms. The van der Waals surface area contributed by atoms with Crippen LogP contribution in [-0.4, -0.2) is 41.1 Å². The Morgan fingerprint density at radius 2 is 2.00 bits per heavy atom. The third kappa shape index (κ3) is 3.19. The van der Waals surface area contributed by atoms with Gasteiger partial charge in [0.15, 0.2) is 0 Å². The number of rotatable bonds is 6. The molecule has 0 saturated heterocycles. The summed E-state index contributed by atoms with van der Waals surface area (Å²) >= 11 is 0. The van der Waals surface area contributed by atoms with Crippen LogP contribution in [0.25, 0.3) is 0 Å². The molecule has 2 saturated carbocycles. The summed E-state index contributed by atoms with van der Waals surface area (Å²) in [6.45, 7) is 7.56. The minimum Gasteiger partial charge on any atom is -0.442 e. The zero-order valence-corrected chi connectivity index (χ0v) is 16.4. The van der Waals surface area contributed by atoms with Crippen LogP contribution in [0.15, 0.2) is 51.3 Å². The fourth-order valence-corrected chi connectivity index (χ4v) is 3.36. The Labute approximate surface area is 163 Å². The van der Waals surface area contributed by atoms with Crippen LogP contribution in [0.3, 0.4) is 0 Å². The quantitative estimate of drug-likeness (QED) is 0.735. The Hall–Kier alpha value is -3.03. The lowest BCUT2D eigenvalue weighted by Gasteiger charge is -2.19. The third-order valence-corrected chi connectivity index (χ3v) is 5.47. The fraction of sp³-hybridized carbons (Fsp3) is 0.450. The zero-order chi connectivity index (χ0) is 19.9. The lowest BCUT2D eigenvalue weighted by atomic mass is 10.0. The highest BCUT2D eigenvalue weighted by atomic mass is 16.5. The molecule has 3 aliphatic rings. The summed E-state index contributed by atoms with van der Waals surface area (Å²) in [5.41, 5.74) is 1.23. The standard InChI is InChI=1S/C20H24N6O2/c1-12-14(17(27)26-20(7-8-20)13-11-23-9-10-24-13)15(18(22-4)28-12)16(21-3)25-19(2)5-6-19/h9-11,25H,3,5-8H2,1-2,4H3,(H,26,27)/b16-15+,22-18+. The highest BCUT2D eigenvalue weighted by molar-refractivity contribution is 6.15. The average molecular weight is 380 g/mol. The largest absolute Gasteiger partial charge is 0.442 e. The number of aromatic nitrogens is 2. The molecule has 1 aliphatic heterocycles. The second-order valence-corrected chi connectivity index (χ2v) is 7.76. The number of amides is 1. The number of hydrogen-bond donors (Lipinski definition) is 2. The van der Waals surface area contributed by atoms with Crippen molar-refractivity contribution in [1.29, 1.82) is 0 Å². The molecule has 0 atom stereocenters. The second-order valence-electron chi connectivity index (χ2n) is 7.76. The third-order valence-electron chi connectivity index (χ3n) is 5.47. The maximum atomic E-state index is 13.3. The molecule has 4 rings (SSSR count). The first-order chi connectivity index (χ1) is 13.4.